The first-order valence-corrected chi connectivity index (χ1v) is 4.07. The molecule has 1 atom stereocenters. The van der Waals surface area contributed by atoms with Crippen LogP contribution < -0.4 is 0 Å². The summed E-state index contributed by atoms with van der Waals surface area (Å²) in [5, 5.41) is 8.12. The number of likely N-dealkylation sites (tertiary alicyclic amines) is 1. The SMILES string of the molecule is CC1(C(=O)Cl)CCCN1C(=O)O. The second-order valence-electron chi connectivity index (χ2n) is 3.09. The van der Waals surface area contributed by atoms with Gasteiger partial charge in [-0.2, -0.15) is 0 Å². The minimum Gasteiger partial charge on any atom is -0.465 e. The van der Waals surface area contributed by atoms with E-state index in [-0.39, 0.29) is 0 Å². The zero-order valence-electron chi connectivity index (χ0n) is 6.71. The highest BCUT2D eigenvalue weighted by Crippen LogP contribution is 2.30. The molecule has 0 radical (unpaired) electrons. The van der Waals surface area contributed by atoms with E-state index in [1.807, 2.05) is 0 Å². The molecule has 4 nitrogen and oxygen atoms in total. The lowest BCUT2D eigenvalue weighted by atomic mass is 10.0. The molecular formula is C7H10ClNO3. The number of hydrogen-bond acceptors (Lipinski definition) is 2. The number of carbonyl (C=O) groups excluding carboxylic acids is 1. The minimum atomic E-state index is -1.08. The third kappa shape index (κ3) is 1.27. The van der Waals surface area contributed by atoms with E-state index >= 15 is 0 Å². The maximum Gasteiger partial charge on any atom is 0.408 e. The van der Waals surface area contributed by atoms with Crippen molar-refractivity contribution in [3.05, 3.63) is 0 Å². The van der Waals surface area contributed by atoms with Gasteiger partial charge in [0.05, 0.1) is 0 Å². The molecule has 1 unspecified atom stereocenters. The van der Waals surface area contributed by atoms with Gasteiger partial charge in [0, 0.05) is 6.54 Å². The van der Waals surface area contributed by atoms with Gasteiger partial charge in [0.15, 0.2) is 0 Å². The van der Waals surface area contributed by atoms with Crippen LogP contribution in [-0.4, -0.2) is 33.4 Å². The fraction of sp³-hybridized carbons (Fsp3) is 0.714. The monoisotopic (exact) mass is 191 g/mol. The number of halogens is 1. The third-order valence-electron chi connectivity index (χ3n) is 2.30. The van der Waals surface area contributed by atoms with Gasteiger partial charge in [0.2, 0.25) is 5.24 Å². The molecular weight excluding hydrogens is 182 g/mol. The topological polar surface area (TPSA) is 57.6 Å². The van der Waals surface area contributed by atoms with Crippen molar-refractivity contribution in [2.24, 2.45) is 0 Å². The van der Waals surface area contributed by atoms with Crippen LogP contribution in [0.4, 0.5) is 4.79 Å². The summed E-state index contributed by atoms with van der Waals surface area (Å²) in [4.78, 5) is 22.7. The molecule has 0 aromatic heterocycles. The van der Waals surface area contributed by atoms with E-state index in [9.17, 15) is 9.59 Å². The van der Waals surface area contributed by atoms with Crippen LogP contribution in [0.2, 0.25) is 0 Å². The fourth-order valence-electron chi connectivity index (χ4n) is 1.47. The lowest BCUT2D eigenvalue weighted by molar-refractivity contribution is -0.119. The molecule has 1 rings (SSSR count). The molecule has 1 aliphatic rings. The van der Waals surface area contributed by atoms with Crippen LogP contribution in [0.5, 0.6) is 0 Å². The molecule has 0 saturated carbocycles. The normalized spacial score (nSPS) is 29.0. The predicted octanol–water partition coefficient (Wildman–Crippen LogP) is 1.28. The first kappa shape index (κ1) is 9.32. The fourth-order valence-corrected chi connectivity index (χ4v) is 1.67. The zero-order chi connectivity index (χ0) is 9.35. The van der Waals surface area contributed by atoms with Gasteiger partial charge < -0.3 is 5.11 Å². The van der Waals surface area contributed by atoms with E-state index in [1.54, 1.807) is 6.92 Å². The van der Waals surface area contributed by atoms with Gasteiger partial charge in [-0.1, -0.05) is 0 Å². The summed E-state index contributed by atoms with van der Waals surface area (Å²) in [7, 11) is 0. The average molecular weight is 192 g/mol. The van der Waals surface area contributed by atoms with Crippen LogP contribution in [-0.2, 0) is 4.79 Å². The molecule has 0 bridgehead atoms. The number of hydrogen-bond donors (Lipinski definition) is 1. The van der Waals surface area contributed by atoms with E-state index in [4.69, 9.17) is 16.7 Å². The van der Waals surface area contributed by atoms with E-state index in [0.717, 1.165) is 4.90 Å². The highest BCUT2D eigenvalue weighted by atomic mass is 35.5. The van der Waals surface area contributed by atoms with Crippen LogP contribution in [0, 0.1) is 0 Å². The number of carboxylic acid groups (broad SMARTS) is 1. The Morgan fingerprint density at radius 2 is 2.17 bits per heavy atom. The summed E-state index contributed by atoms with van der Waals surface area (Å²) in [5.74, 6) is 0. The maximum atomic E-state index is 10.9. The van der Waals surface area contributed by atoms with Crippen molar-refractivity contribution in [1.82, 2.24) is 4.90 Å². The van der Waals surface area contributed by atoms with Gasteiger partial charge in [-0.25, -0.2) is 4.79 Å². The standard InChI is InChI=1S/C7H10ClNO3/c1-7(5(8)10)3-2-4-9(7)6(11)12/h2-4H2,1H3,(H,11,12). The number of amides is 1. The summed E-state index contributed by atoms with van der Waals surface area (Å²) in [6.07, 6.45) is 0.132. The van der Waals surface area contributed by atoms with Crippen molar-refractivity contribution in [1.29, 1.82) is 0 Å². The Bertz CT molecular complexity index is 231. The van der Waals surface area contributed by atoms with E-state index in [1.165, 1.54) is 0 Å². The Hall–Kier alpha value is -0.770. The molecule has 1 aliphatic heterocycles. The molecule has 1 fully saturated rings. The summed E-state index contributed by atoms with van der Waals surface area (Å²) < 4.78 is 0. The molecule has 12 heavy (non-hydrogen) atoms. The van der Waals surface area contributed by atoms with Crippen LogP contribution in [0.15, 0.2) is 0 Å². The third-order valence-corrected chi connectivity index (χ3v) is 2.70. The molecule has 1 saturated heterocycles. The van der Waals surface area contributed by atoms with E-state index in [0.29, 0.717) is 19.4 Å². The van der Waals surface area contributed by atoms with Gasteiger partial charge in [-0.05, 0) is 31.4 Å². The quantitative estimate of drug-likeness (QED) is 0.636. The summed E-state index contributed by atoms with van der Waals surface area (Å²) in [6, 6.07) is 0. The molecule has 1 N–H and O–H groups in total. The van der Waals surface area contributed by atoms with E-state index in [2.05, 4.69) is 0 Å². The zero-order valence-corrected chi connectivity index (χ0v) is 7.47. The van der Waals surface area contributed by atoms with Crippen LogP contribution in [0.3, 0.4) is 0 Å². The largest absolute Gasteiger partial charge is 0.465 e. The molecule has 5 heteroatoms. The molecule has 0 aromatic carbocycles. The first-order valence-electron chi connectivity index (χ1n) is 3.69. The van der Waals surface area contributed by atoms with Gasteiger partial charge in [0.1, 0.15) is 5.54 Å². The lowest BCUT2D eigenvalue weighted by Crippen LogP contribution is -2.48. The summed E-state index contributed by atoms with van der Waals surface area (Å²) in [6.45, 7) is 1.95. The van der Waals surface area contributed by atoms with Gasteiger partial charge >= 0.3 is 6.09 Å². The van der Waals surface area contributed by atoms with Crippen molar-refractivity contribution in [2.45, 2.75) is 25.3 Å². The smallest absolute Gasteiger partial charge is 0.408 e. The Balaban J connectivity index is 2.89. The van der Waals surface area contributed by atoms with Gasteiger partial charge in [-0.3, -0.25) is 9.69 Å². The molecule has 0 spiro atoms. The van der Waals surface area contributed by atoms with Crippen molar-refractivity contribution in [3.63, 3.8) is 0 Å². The number of carbonyl (C=O) groups is 2. The van der Waals surface area contributed by atoms with Gasteiger partial charge in [-0.15, -0.1) is 0 Å². The maximum absolute atomic E-state index is 10.9. The highest BCUT2D eigenvalue weighted by molar-refractivity contribution is 6.65. The number of rotatable bonds is 1. The van der Waals surface area contributed by atoms with Crippen molar-refractivity contribution in [2.75, 3.05) is 6.54 Å². The van der Waals surface area contributed by atoms with Crippen molar-refractivity contribution in [3.8, 4) is 0 Å². The van der Waals surface area contributed by atoms with Crippen molar-refractivity contribution >= 4 is 22.9 Å². The predicted molar refractivity (Wildman–Crippen MR) is 43.2 cm³/mol. The highest BCUT2D eigenvalue weighted by Gasteiger charge is 2.44. The number of nitrogens with zero attached hydrogens (tertiary/aromatic N) is 1. The molecule has 68 valence electrons. The Morgan fingerprint density at radius 1 is 1.58 bits per heavy atom. The molecule has 0 aliphatic carbocycles. The second kappa shape index (κ2) is 2.94. The minimum absolute atomic E-state index is 0.393. The Labute approximate surface area is 75.1 Å². The molecule has 1 heterocycles. The first-order chi connectivity index (χ1) is 5.48. The van der Waals surface area contributed by atoms with Gasteiger partial charge in [0.25, 0.3) is 0 Å². The lowest BCUT2D eigenvalue weighted by Gasteiger charge is -2.28. The van der Waals surface area contributed by atoms with Crippen LogP contribution >= 0.6 is 11.6 Å². The summed E-state index contributed by atoms with van der Waals surface area (Å²) in [5.41, 5.74) is -1.01. The Kier molecular flexibility index (Phi) is 2.28. The molecule has 0 aromatic rings. The summed E-state index contributed by atoms with van der Waals surface area (Å²) >= 11 is 5.32. The van der Waals surface area contributed by atoms with Crippen LogP contribution in [0.25, 0.3) is 0 Å². The van der Waals surface area contributed by atoms with E-state index < -0.39 is 16.9 Å². The molecule has 1 amide bonds. The Morgan fingerprint density at radius 3 is 2.50 bits per heavy atom. The van der Waals surface area contributed by atoms with Crippen molar-refractivity contribution < 1.29 is 14.7 Å². The van der Waals surface area contributed by atoms with Crippen LogP contribution in [0.1, 0.15) is 19.8 Å². The second-order valence-corrected chi connectivity index (χ2v) is 3.43. The average Bonchev–Trinajstić information content (AvgIpc) is 2.32.